The first-order valence-electron chi connectivity index (χ1n) is 7.65. The van der Waals surface area contributed by atoms with Crippen molar-refractivity contribution >= 4 is 5.97 Å². The van der Waals surface area contributed by atoms with Gasteiger partial charge in [0.15, 0.2) is 0 Å². The van der Waals surface area contributed by atoms with E-state index < -0.39 is 5.97 Å². The maximum atomic E-state index is 10.9. The van der Waals surface area contributed by atoms with Crippen molar-refractivity contribution in [1.29, 1.82) is 0 Å². The number of nitrogens with one attached hydrogen (secondary N) is 1. The van der Waals surface area contributed by atoms with E-state index in [0.717, 1.165) is 38.0 Å². The number of aromatic nitrogens is 1. The number of nitrogens with zero attached hydrogens (tertiary/aromatic N) is 1. The van der Waals surface area contributed by atoms with Crippen LogP contribution in [0, 0.1) is 0 Å². The van der Waals surface area contributed by atoms with Crippen LogP contribution < -0.4 is 5.32 Å². The highest BCUT2D eigenvalue weighted by Gasteiger charge is 2.34. The molecular formula is C16H24N2O3. The largest absolute Gasteiger partial charge is 0.477 e. The minimum absolute atomic E-state index is 0.00768. The fraction of sp³-hybridized carbons (Fsp3) is 0.625. The first-order valence-corrected chi connectivity index (χ1v) is 7.65. The minimum atomic E-state index is -0.987. The van der Waals surface area contributed by atoms with Crippen LogP contribution in [0.3, 0.4) is 0 Å². The van der Waals surface area contributed by atoms with Gasteiger partial charge in [0.2, 0.25) is 0 Å². The molecule has 0 spiro atoms. The number of pyridine rings is 1. The smallest absolute Gasteiger partial charge is 0.354 e. The van der Waals surface area contributed by atoms with E-state index in [1.807, 2.05) is 6.07 Å². The number of ether oxygens (including phenoxy) is 1. The predicted octanol–water partition coefficient (Wildman–Crippen LogP) is 2.61. The van der Waals surface area contributed by atoms with Crippen molar-refractivity contribution in [2.45, 2.75) is 57.7 Å². The molecule has 0 radical (unpaired) electrons. The summed E-state index contributed by atoms with van der Waals surface area (Å²) in [6, 6.07) is 5.50. The molecule has 116 valence electrons. The molecule has 5 heteroatoms. The van der Waals surface area contributed by atoms with Crippen molar-refractivity contribution in [3.05, 3.63) is 29.6 Å². The van der Waals surface area contributed by atoms with E-state index in [2.05, 4.69) is 24.1 Å². The summed E-state index contributed by atoms with van der Waals surface area (Å²) in [6.45, 7) is 5.71. The van der Waals surface area contributed by atoms with Gasteiger partial charge in [-0.05, 0) is 37.8 Å². The molecular weight excluding hydrogens is 268 g/mol. The van der Waals surface area contributed by atoms with Crippen LogP contribution in [0.1, 0.15) is 55.7 Å². The number of carboxylic acid groups (broad SMARTS) is 1. The summed E-state index contributed by atoms with van der Waals surface area (Å²) in [5.74, 6) is -0.987. The van der Waals surface area contributed by atoms with Gasteiger partial charge in [-0.1, -0.05) is 19.9 Å². The second kappa shape index (κ2) is 7.00. The van der Waals surface area contributed by atoms with Crippen molar-refractivity contribution in [2.75, 3.05) is 6.61 Å². The van der Waals surface area contributed by atoms with Crippen molar-refractivity contribution in [2.24, 2.45) is 0 Å². The molecule has 0 saturated carbocycles. The van der Waals surface area contributed by atoms with Gasteiger partial charge < -0.3 is 15.2 Å². The van der Waals surface area contributed by atoms with Gasteiger partial charge in [-0.15, -0.1) is 0 Å². The Morgan fingerprint density at radius 3 is 2.90 bits per heavy atom. The van der Waals surface area contributed by atoms with Gasteiger partial charge >= 0.3 is 5.97 Å². The predicted molar refractivity (Wildman–Crippen MR) is 80.3 cm³/mol. The van der Waals surface area contributed by atoms with Crippen LogP contribution in [-0.4, -0.2) is 34.3 Å². The lowest BCUT2D eigenvalue weighted by atomic mass is 9.86. The summed E-state index contributed by atoms with van der Waals surface area (Å²) in [4.78, 5) is 15.1. The molecule has 2 heterocycles. The van der Waals surface area contributed by atoms with Gasteiger partial charge in [-0.25, -0.2) is 9.78 Å². The molecule has 2 rings (SSSR count). The fourth-order valence-electron chi connectivity index (χ4n) is 2.89. The first kappa shape index (κ1) is 15.9. The molecule has 1 aromatic rings. The highest BCUT2D eigenvalue weighted by atomic mass is 16.5. The maximum absolute atomic E-state index is 10.9. The van der Waals surface area contributed by atoms with E-state index in [0.29, 0.717) is 12.6 Å². The van der Waals surface area contributed by atoms with E-state index in [1.165, 1.54) is 6.07 Å². The number of hydrogen-bond donors (Lipinski definition) is 2. The second-order valence-corrected chi connectivity index (χ2v) is 5.63. The highest BCUT2D eigenvalue weighted by Crippen LogP contribution is 2.31. The second-order valence-electron chi connectivity index (χ2n) is 5.63. The average Bonchev–Trinajstić information content (AvgIpc) is 2.53. The van der Waals surface area contributed by atoms with Crippen LogP contribution in [0.2, 0.25) is 0 Å². The van der Waals surface area contributed by atoms with E-state index in [4.69, 9.17) is 9.84 Å². The van der Waals surface area contributed by atoms with Gasteiger partial charge in [0.05, 0.1) is 11.3 Å². The topological polar surface area (TPSA) is 71.5 Å². The Kier molecular flexibility index (Phi) is 5.31. The molecule has 2 N–H and O–H groups in total. The van der Waals surface area contributed by atoms with Crippen LogP contribution in [0.15, 0.2) is 18.2 Å². The third kappa shape index (κ3) is 4.02. The molecule has 21 heavy (non-hydrogen) atoms. The van der Waals surface area contributed by atoms with Gasteiger partial charge in [-0.3, -0.25) is 0 Å². The van der Waals surface area contributed by atoms with Gasteiger partial charge in [-0.2, -0.15) is 0 Å². The molecule has 1 aliphatic rings. The third-order valence-corrected chi connectivity index (χ3v) is 4.38. The summed E-state index contributed by atoms with van der Waals surface area (Å²) in [5, 5.41) is 12.5. The quantitative estimate of drug-likeness (QED) is 0.843. The Labute approximate surface area is 125 Å². The molecule has 1 aliphatic heterocycles. The minimum Gasteiger partial charge on any atom is -0.477 e. The lowest BCUT2D eigenvalue weighted by molar-refractivity contribution is -0.0932. The van der Waals surface area contributed by atoms with Crippen LogP contribution in [-0.2, 0) is 11.3 Å². The van der Waals surface area contributed by atoms with Gasteiger partial charge in [0, 0.05) is 19.2 Å². The number of aromatic carboxylic acids is 1. The van der Waals surface area contributed by atoms with Crippen LogP contribution in [0.25, 0.3) is 0 Å². The standard InChI is InChI=1S/C16H24N2O3/c1-3-16(4-2)10-12(8-9-21-16)17-11-13-6-5-7-14(18-13)15(19)20/h5-7,12,17H,3-4,8-11H2,1-2H3,(H,19,20). The molecule has 1 fully saturated rings. The SMILES string of the molecule is CCC1(CC)CC(NCc2cccc(C(=O)O)n2)CCO1. The molecule has 1 saturated heterocycles. The lowest BCUT2D eigenvalue weighted by Gasteiger charge is -2.40. The van der Waals surface area contributed by atoms with E-state index in [-0.39, 0.29) is 11.3 Å². The Bertz CT molecular complexity index is 486. The number of hydrogen-bond acceptors (Lipinski definition) is 4. The van der Waals surface area contributed by atoms with Crippen molar-refractivity contribution in [3.63, 3.8) is 0 Å². The zero-order chi connectivity index (χ0) is 15.3. The number of carboxylic acids is 1. The summed E-state index contributed by atoms with van der Waals surface area (Å²) in [5.41, 5.74) is 0.851. The molecule has 5 nitrogen and oxygen atoms in total. The van der Waals surface area contributed by atoms with E-state index >= 15 is 0 Å². The maximum Gasteiger partial charge on any atom is 0.354 e. The highest BCUT2D eigenvalue weighted by molar-refractivity contribution is 5.85. The monoisotopic (exact) mass is 292 g/mol. The Balaban J connectivity index is 1.93. The molecule has 1 unspecified atom stereocenters. The summed E-state index contributed by atoms with van der Waals surface area (Å²) in [7, 11) is 0. The number of carbonyl (C=O) groups is 1. The zero-order valence-corrected chi connectivity index (χ0v) is 12.8. The van der Waals surface area contributed by atoms with Gasteiger partial charge in [0.25, 0.3) is 0 Å². The molecule has 0 bridgehead atoms. The summed E-state index contributed by atoms with van der Waals surface area (Å²) in [6.07, 6.45) is 4.03. The molecule has 0 amide bonds. The Hall–Kier alpha value is -1.46. The summed E-state index contributed by atoms with van der Waals surface area (Å²) >= 11 is 0. The Morgan fingerprint density at radius 1 is 1.48 bits per heavy atom. The van der Waals surface area contributed by atoms with E-state index in [9.17, 15) is 4.79 Å². The average molecular weight is 292 g/mol. The zero-order valence-electron chi connectivity index (χ0n) is 12.8. The molecule has 0 aliphatic carbocycles. The Morgan fingerprint density at radius 2 is 2.24 bits per heavy atom. The fourth-order valence-corrected chi connectivity index (χ4v) is 2.89. The van der Waals surface area contributed by atoms with Crippen LogP contribution >= 0.6 is 0 Å². The van der Waals surface area contributed by atoms with Crippen molar-refractivity contribution < 1.29 is 14.6 Å². The van der Waals surface area contributed by atoms with E-state index in [1.54, 1.807) is 6.07 Å². The third-order valence-electron chi connectivity index (χ3n) is 4.38. The van der Waals surface area contributed by atoms with Gasteiger partial charge in [0.1, 0.15) is 5.69 Å². The van der Waals surface area contributed by atoms with Crippen molar-refractivity contribution in [1.82, 2.24) is 10.3 Å². The van der Waals surface area contributed by atoms with Crippen molar-refractivity contribution in [3.8, 4) is 0 Å². The number of rotatable bonds is 6. The lowest BCUT2D eigenvalue weighted by Crippen LogP contribution is -2.46. The van der Waals surface area contributed by atoms with Crippen LogP contribution in [0.5, 0.6) is 0 Å². The van der Waals surface area contributed by atoms with Crippen LogP contribution in [0.4, 0.5) is 0 Å². The first-order chi connectivity index (χ1) is 10.1. The normalized spacial score (nSPS) is 21.1. The molecule has 0 aromatic carbocycles. The molecule has 1 aromatic heterocycles. The molecule has 1 atom stereocenters. The summed E-state index contributed by atoms with van der Waals surface area (Å²) < 4.78 is 5.96.